The highest BCUT2D eigenvalue weighted by atomic mass is 16.6. The van der Waals surface area contributed by atoms with Crippen LogP contribution in [0.15, 0.2) is 73.1 Å². The van der Waals surface area contributed by atoms with Gasteiger partial charge < -0.3 is 14.8 Å². The van der Waals surface area contributed by atoms with E-state index >= 15 is 0 Å². The molecule has 5 heteroatoms. The SMILES string of the molecule is O=C(NC(Cc1ccccc1)c1ccc2c(c1)OCCO2)c1cccnc1. The number of amides is 1. The molecule has 1 unspecified atom stereocenters. The first kappa shape index (κ1) is 17.1. The molecule has 1 N–H and O–H groups in total. The number of nitrogens with zero attached hydrogens (tertiary/aromatic N) is 1. The summed E-state index contributed by atoms with van der Waals surface area (Å²) < 4.78 is 11.3. The monoisotopic (exact) mass is 360 g/mol. The molecule has 0 bridgehead atoms. The zero-order valence-electron chi connectivity index (χ0n) is 14.8. The van der Waals surface area contributed by atoms with Gasteiger partial charge in [-0.25, -0.2) is 0 Å². The molecule has 27 heavy (non-hydrogen) atoms. The molecule has 0 spiro atoms. The standard InChI is InChI=1S/C22H20N2O3/c25-22(18-7-4-10-23-15-18)24-19(13-16-5-2-1-3-6-16)17-8-9-20-21(14-17)27-12-11-26-20/h1-10,14-15,19H,11-13H2,(H,24,25). The van der Waals surface area contributed by atoms with E-state index in [0.717, 1.165) is 16.9 Å². The van der Waals surface area contributed by atoms with Crippen molar-refractivity contribution in [3.05, 3.63) is 89.7 Å². The van der Waals surface area contributed by atoms with Gasteiger partial charge >= 0.3 is 0 Å². The Kier molecular flexibility index (Phi) is 5.01. The van der Waals surface area contributed by atoms with E-state index in [1.54, 1.807) is 24.5 Å². The lowest BCUT2D eigenvalue weighted by Gasteiger charge is -2.23. The molecule has 0 radical (unpaired) electrons. The highest BCUT2D eigenvalue weighted by Gasteiger charge is 2.20. The maximum Gasteiger partial charge on any atom is 0.253 e. The fourth-order valence-corrected chi connectivity index (χ4v) is 3.12. The van der Waals surface area contributed by atoms with Crippen LogP contribution >= 0.6 is 0 Å². The van der Waals surface area contributed by atoms with E-state index in [-0.39, 0.29) is 11.9 Å². The van der Waals surface area contributed by atoms with Crippen LogP contribution in [-0.2, 0) is 6.42 Å². The molecule has 1 aliphatic heterocycles. The first-order chi connectivity index (χ1) is 13.3. The Hall–Kier alpha value is -3.34. The maximum atomic E-state index is 12.7. The summed E-state index contributed by atoms with van der Waals surface area (Å²) >= 11 is 0. The van der Waals surface area contributed by atoms with Gasteiger partial charge in [-0.2, -0.15) is 0 Å². The molecule has 2 heterocycles. The number of hydrogen-bond donors (Lipinski definition) is 1. The van der Waals surface area contributed by atoms with Crippen molar-refractivity contribution in [1.29, 1.82) is 0 Å². The van der Waals surface area contributed by atoms with E-state index in [9.17, 15) is 4.79 Å². The van der Waals surface area contributed by atoms with Crippen LogP contribution in [0.3, 0.4) is 0 Å². The first-order valence-electron chi connectivity index (χ1n) is 8.94. The third kappa shape index (κ3) is 4.08. The Balaban J connectivity index is 1.62. The number of rotatable bonds is 5. The summed E-state index contributed by atoms with van der Waals surface area (Å²) in [5, 5.41) is 3.13. The molecule has 0 fully saturated rings. The fourth-order valence-electron chi connectivity index (χ4n) is 3.12. The summed E-state index contributed by atoms with van der Waals surface area (Å²) in [6.07, 6.45) is 3.89. The molecule has 1 aromatic heterocycles. The number of carbonyl (C=O) groups excluding carboxylic acids is 1. The van der Waals surface area contributed by atoms with E-state index in [2.05, 4.69) is 22.4 Å². The Morgan fingerprint density at radius 2 is 1.81 bits per heavy atom. The van der Waals surface area contributed by atoms with Crippen LogP contribution in [0, 0.1) is 0 Å². The van der Waals surface area contributed by atoms with Gasteiger partial charge in [0.2, 0.25) is 0 Å². The summed E-state index contributed by atoms with van der Waals surface area (Å²) in [5.41, 5.74) is 2.65. The van der Waals surface area contributed by atoms with Gasteiger partial charge in [0, 0.05) is 12.4 Å². The molecular weight excluding hydrogens is 340 g/mol. The van der Waals surface area contributed by atoms with E-state index in [4.69, 9.17) is 9.47 Å². The molecule has 2 aromatic carbocycles. The number of pyridine rings is 1. The molecule has 3 aromatic rings. The van der Waals surface area contributed by atoms with Gasteiger partial charge in [0.25, 0.3) is 5.91 Å². The highest BCUT2D eigenvalue weighted by Crippen LogP contribution is 2.33. The van der Waals surface area contributed by atoms with Gasteiger partial charge in [-0.3, -0.25) is 9.78 Å². The van der Waals surface area contributed by atoms with Crippen molar-refractivity contribution in [2.75, 3.05) is 13.2 Å². The maximum absolute atomic E-state index is 12.7. The minimum absolute atomic E-state index is 0.154. The molecule has 1 amide bonds. The smallest absolute Gasteiger partial charge is 0.253 e. The predicted molar refractivity (Wildman–Crippen MR) is 102 cm³/mol. The second-order valence-corrected chi connectivity index (χ2v) is 6.36. The molecule has 1 aliphatic rings. The van der Waals surface area contributed by atoms with Crippen molar-refractivity contribution >= 4 is 5.91 Å². The summed E-state index contributed by atoms with van der Waals surface area (Å²) in [6.45, 7) is 1.08. The number of benzene rings is 2. The van der Waals surface area contributed by atoms with E-state index in [1.807, 2.05) is 36.4 Å². The number of ether oxygens (including phenoxy) is 2. The minimum Gasteiger partial charge on any atom is -0.486 e. The van der Waals surface area contributed by atoms with Crippen LogP contribution in [0.5, 0.6) is 11.5 Å². The Morgan fingerprint density at radius 1 is 1.00 bits per heavy atom. The van der Waals surface area contributed by atoms with Crippen LogP contribution in [0.1, 0.15) is 27.5 Å². The number of nitrogens with one attached hydrogen (secondary N) is 1. The summed E-state index contributed by atoms with van der Waals surface area (Å²) in [4.78, 5) is 16.7. The molecule has 5 nitrogen and oxygen atoms in total. The lowest BCUT2D eigenvalue weighted by molar-refractivity contribution is 0.0936. The molecule has 136 valence electrons. The topological polar surface area (TPSA) is 60.5 Å². The van der Waals surface area contributed by atoms with Gasteiger partial charge in [0.05, 0.1) is 11.6 Å². The molecule has 4 rings (SSSR count). The van der Waals surface area contributed by atoms with Crippen molar-refractivity contribution < 1.29 is 14.3 Å². The van der Waals surface area contributed by atoms with Crippen molar-refractivity contribution in [2.45, 2.75) is 12.5 Å². The predicted octanol–water partition coefficient (Wildman–Crippen LogP) is 3.57. The van der Waals surface area contributed by atoms with Crippen LogP contribution in [-0.4, -0.2) is 24.1 Å². The van der Waals surface area contributed by atoms with Gasteiger partial charge in [0.15, 0.2) is 11.5 Å². The van der Waals surface area contributed by atoms with Crippen LogP contribution < -0.4 is 14.8 Å². The van der Waals surface area contributed by atoms with Crippen LogP contribution in [0.2, 0.25) is 0 Å². The molecule has 0 saturated heterocycles. The van der Waals surface area contributed by atoms with Crippen molar-refractivity contribution in [3.8, 4) is 11.5 Å². The van der Waals surface area contributed by atoms with E-state index in [1.165, 1.54) is 0 Å². The zero-order chi connectivity index (χ0) is 18.5. The molecular formula is C22H20N2O3. The minimum atomic E-state index is -0.198. The Bertz CT molecular complexity index is 913. The molecule has 1 atom stereocenters. The summed E-state index contributed by atoms with van der Waals surface area (Å²) in [5.74, 6) is 1.30. The second-order valence-electron chi connectivity index (χ2n) is 6.36. The van der Waals surface area contributed by atoms with Gasteiger partial charge in [-0.15, -0.1) is 0 Å². The van der Waals surface area contributed by atoms with Crippen molar-refractivity contribution in [3.63, 3.8) is 0 Å². The Labute approximate surface area is 158 Å². The van der Waals surface area contributed by atoms with E-state index < -0.39 is 0 Å². The third-order valence-corrected chi connectivity index (χ3v) is 4.48. The third-order valence-electron chi connectivity index (χ3n) is 4.48. The largest absolute Gasteiger partial charge is 0.486 e. The first-order valence-corrected chi connectivity index (χ1v) is 8.94. The second kappa shape index (κ2) is 7.91. The van der Waals surface area contributed by atoms with Crippen LogP contribution in [0.25, 0.3) is 0 Å². The number of hydrogen-bond acceptors (Lipinski definition) is 4. The molecule has 0 aliphatic carbocycles. The van der Waals surface area contributed by atoms with E-state index in [0.29, 0.717) is 30.9 Å². The van der Waals surface area contributed by atoms with Crippen molar-refractivity contribution in [1.82, 2.24) is 10.3 Å². The normalized spacial score (nSPS) is 13.6. The van der Waals surface area contributed by atoms with Gasteiger partial charge in [-0.05, 0) is 41.8 Å². The summed E-state index contributed by atoms with van der Waals surface area (Å²) in [7, 11) is 0. The highest BCUT2D eigenvalue weighted by molar-refractivity contribution is 5.94. The fraction of sp³-hybridized carbons (Fsp3) is 0.182. The molecule has 0 saturated carbocycles. The number of aromatic nitrogens is 1. The van der Waals surface area contributed by atoms with Crippen LogP contribution in [0.4, 0.5) is 0 Å². The van der Waals surface area contributed by atoms with Gasteiger partial charge in [0.1, 0.15) is 13.2 Å². The lowest BCUT2D eigenvalue weighted by atomic mass is 9.98. The van der Waals surface area contributed by atoms with Gasteiger partial charge in [-0.1, -0.05) is 36.4 Å². The zero-order valence-corrected chi connectivity index (χ0v) is 14.8. The Morgan fingerprint density at radius 3 is 2.59 bits per heavy atom. The number of fused-ring (bicyclic) bond motifs is 1. The lowest BCUT2D eigenvalue weighted by Crippen LogP contribution is -2.30. The number of carbonyl (C=O) groups is 1. The summed E-state index contributed by atoms with van der Waals surface area (Å²) in [6, 6.07) is 19.2. The quantitative estimate of drug-likeness (QED) is 0.756. The average Bonchev–Trinajstić information content (AvgIpc) is 2.74. The van der Waals surface area contributed by atoms with Crippen molar-refractivity contribution in [2.24, 2.45) is 0 Å². The average molecular weight is 360 g/mol.